The molecule has 3 atom stereocenters. The average Bonchev–Trinajstić information content (AvgIpc) is 1.61. The second-order valence-electron chi connectivity index (χ2n) is 37.6. The normalized spacial score (nSPS) is 17.4. The molecule has 7 heterocycles. The van der Waals surface area contributed by atoms with E-state index in [9.17, 15) is 13.2 Å². The lowest BCUT2D eigenvalue weighted by atomic mass is 9.79. The first-order chi connectivity index (χ1) is 55.5. The van der Waals surface area contributed by atoms with Crippen LogP contribution >= 0.6 is 11.6 Å². The maximum absolute atomic E-state index is 13.7. The summed E-state index contributed by atoms with van der Waals surface area (Å²) in [4.78, 5) is 28.4. The fourth-order valence-electron chi connectivity index (χ4n) is 13.3. The van der Waals surface area contributed by atoms with E-state index in [1.165, 1.54) is 17.1 Å². The van der Waals surface area contributed by atoms with Crippen LogP contribution < -0.4 is 34.4 Å². The van der Waals surface area contributed by atoms with Crippen LogP contribution in [0, 0.1) is 0 Å². The van der Waals surface area contributed by atoms with Crippen molar-refractivity contribution in [3.8, 4) is 39.8 Å². The fraction of sp³-hybridized carbons (Fsp3) is 0.516. The predicted molar refractivity (Wildman–Crippen MR) is 493 cm³/mol. The minimum Gasteiger partial charge on any atom is -0.491 e. The summed E-state index contributed by atoms with van der Waals surface area (Å²) in [6, 6.07) is 55.0. The number of rotatable bonds is 24. The number of fused-ring (bicyclic) bond motifs is 3. The second kappa shape index (κ2) is 39.8. The van der Waals surface area contributed by atoms with Crippen LogP contribution in [0.15, 0.2) is 164 Å². The van der Waals surface area contributed by atoms with Crippen molar-refractivity contribution in [1.82, 2.24) is 29.7 Å². The molecule has 640 valence electrons. The lowest BCUT2D eigenvalue weighted by Gasteiger charge is -2.38. The minimum absolute atomic E-state index is 0.0254. The quantitative estimate of drug-likeness (QED) is 0.0419. The Morgan fingerprint density at radius 2 is 0.669 bits per heavy atom. The van der Waals surface area contributed by atoms with Gasteiger partial charge in [0, 0.05) is 123 Å². The number of benzene rings is 6. The lowest BCUT2D eigenvalue weighted by molar-refractivity contribution is 0.00578. The Balaban J connectivity index is 0.000000169. The van der Waals surface area contributed by atoms with Crippen molar-refractivity contribution in [2.24, 2.45) is 0 Å². The van der Waals surface area contributed by atoms with Crippen LogP contribution in [-0.2, 0) is 22.6 Å². The number of pyridine rings is 3. The largest absolute Gasteiger partial charge is 0.494 e. The minimum atomic E-state index is -2.06. The van der Waals surface area contributed by atoms with Crippen molar-refractivity contribution in [1.29, 1.82) is 0 Å². The van der Waals surface area contributed by atoms with Gasteiger partial charge in [0.2, 0.25) is 0 Å². The molecule has 4 aliphatic rings. The molecule has 4 fully saturated rings. The van der Waals surface area contributed by atoms with Gasteiger partial charge in [-0.2, -0.15) is 0 Å². The molecule has 6 aromatic carbocycles. The van der Waals surface area contributed by atoms with E-state index in [-0.39, 0.29) is 53.3 Å². The summed E-state index contributed by atoms with van der Waals surface area (Å²) in [5, 5.41) is 3.46. The monoisotopic (exact) mass is 1690 g/mol. The van der Waals surface area contributed by atoms with Gasteiger partial charge in [-0.15, -0.1) is 0 Å². The molecule has 0 aliphatic carbocycles. The maximum Gasteiger partial charge on any atom is 0.494 e. The first-order valence-electron chi connectivity index (χ1n) is 42.0. The Kier molecular flexibility index (Phi) is 31.4. The third-order valence-electron chi connectivity index (χ3n) is 24.9. The van der Waals surface area contributed by atoms with Crippen LogP contribution in [0.3, 0.4) is 0 Å². The van der Waals surface area contributed by atoms with Crippen molar-refractivity contribution in [3.05, 3.63) is 169 Å². The molecule has 0 spiro atoms. The van der Waals surface area contributed by atoms with Gasteiger partial charge in [0.05, 0.1) is 39.1 Å². The average molecular weight is 1690 g/mol. The number of anilines is 3. The van der Waals surface area contributed by atoms with E-state index >= 15 is 0 Å². The Morgan fingerprint density at radius 3 is 0.958 bits per heavy atom. The number of nitrogens with zero attached hydrogens (tertiary/aromatic N) is 9. The molecule has 0 radical (unpaired) electrons. The van der Waals surface area contributed by atoms with Crippen LogP contribution in [0.5, 0.6) is 17.2 Å². The smallest absolute Gasteiger partial charge is 0.491 e. The van der Waals surface area contributed by atoms with Crippen LogP contribution in [0.2, 0.25) is 59.5 Å². The van der Waals surface area contributed by atoms with Gasteiger partial charge in [-0.05, 0) is 224 Å². The molecule has 3 aromatic heterocycles. The number of hydrogen-bond acceptors (Lipinski definition) is 17. The summed E-state index contributed by atoms with van der Waals surface area (Å²) < 4.78 is 89.1. The Morgan fingerprint density at radius 1 is 0.390 bits per heavy atom. The molecule has 0 N–H and O–H groups in total. The van der Waals surface area contributed by atoms with Crippen molar-refractivity contribution >= 4 is 98.9 Å². The first-order valence-corrected chi connectivity index (χ1v) is 51.1. The van der Waals surface area contributed by atoms with Crippen molar-refractivity contribution in [2.75, 3.05) is 154 Å². The number of likely N-dealkylation sites (N-methyl/N-ethyl adjacent to an activating group) is 3. The van der Waals surface area contributed by atoms with Gasteiger partial charge in [0.15, 0.2) is 25.0 Å². The van der Waals surface area contributed by atoms with Gasteiger partial charge in [-0.1, -0.05) is 122 Å². The van der Waals surface area contributed by atoms with E-state index in [0.29, 0.717) is 22.4 Å². The molecule has 0 saturated carbocycles. The van der Waals surface area contributed by atoms with Crippen molar-refractivity contribution in [3.63, 3.8) is 0 Å². The van der Waals surface area contributed by atoms with Crippen molar-refractivity contribution < 1.29 is 50.0 Å². The highest BCUT2D eigenvalue weighted by Gasteiger charge is 2.52. The number of alkyl halides is 3. The summed E-state index contributed by atoms with van der Waals surface area (Å²) >= 11 is 5.88. The molecule has 3 unspecified atom stereocenters. The summed E-state index contributed by atoms with van der Waals surface area (Å²) in [6.07, 6.45) is -1.67. The maximum atomic E-state index is 13.7. The third-order valence-corrected chi connectivity index (χ3v) is 38.7. The molecule has 25 heteroatoms. The second-order valence-corrected chi connectivity index (χ2v) is 52.3. The third kappa shape index (κ3) is 25.0. The molecule has 13 rings (SSSR count). The molecule has 4 saturated heterocycles. The van der Waals surface area contributed by atoms with E-state index in [0.717, 1.165) is 139 Å². The molecule has 0 amide bonds. The van der Waals surface area contributed by atoms with E-state index in [4.69, 9.17) is 58.4 Å². The van der Waals surface area contributed by atoms with Gasteiger partial charge in [0.1, 0.15) is 80.6 Å². The molecule has 9 aromatic rings. The zero-order valence-electron chi connectivity index (χ0n) is 74.4. The van der Waals surface area contributed by atoms with Gasteiger partial charge in [-0.25, -0.2) is 28.1 Å². The Hall–Kier alpha value is -7.17. The molecule has 118 heavy (non-hydrogen) atoms. The van der Waals surface area contributed by atoms with Crippen LogP contribution in [0.1, 0.15) is 90.0 Å². The fourth-order valence-corrected chi connectivity index (χ4v) is 17.4. The standard InChI is InChI=1S/2C29H40FN3O2Si.C18H25ClFNO2Si.C17H27BN2O2/c2*1-29(2,3)36(5,6)35-26(20-30)21-34-25-12-14-28-23(19-25)9-13-27(31-28)22-7-10-24(11-8-22)33-17-15-32(4)16-18-33;1-18(2,3)24(4,5)23-15(11-20)12-22-14-7-8-16-13(10-14)6-9-17(19)21-16;1-16(2)17(3,4)22-18(21-16)14-6-8-15(9-7-14)20-12-10-19(5)11-13-20/h2*7-14,19,26H,15-18,20-21H2,1-6H3;6-10,15H,11-12H2,1-5H3;6-9H,10-13H2,1-5H3. The van der Waals surface area contributed by atoms with Gasteiger partial charge in [0.25, 0.3) is 0 Å². The highest BCUT2D eigenvalue weighted by atomic mass is 35.5. The van der Waals surface area contributed by atoms with E-state index < -0.39 is 63.3 Å². The molecule has 17 nitrogen and oxygen atoms in total. The highest BCUT2D eigenvalue weighted by Crippen LogP contribution is 2.42. The summed E-state index contributed by atoms with van der Waals surface area (Å²) in [6.45, 7) is 52.4. The number of halogens is 4. The van der Waals surface area contributed by atoms with Gasteiger partial charge in [-0.3, -0.25) is 0 Å². The number of hydrogen-bond donors (Lipinski definition) is 0. The molecular formula is C93H132BClF3N9O8Si3. The molecule has 4 aliphatic heterocycles. The summed E-state index contributed by atoms with van der Waals surface area (Å²) in [5.41, 5.74) is 11.0. The Bertz CT molecular complexity index is 4490. The van der Waals surface area contributed by atoms with E-state index in [1.807, 2.05) is 72.8 Å². The summed E-state index contributed by atoms with van der Waals surface area (Å²) in [7, 11) is 0.111. The zero-order chi connectivity index (χ0) is 85.8. The highest BCUT2D eigenvalue weighted by molar-refractivity contribution is 6.75. The number of aromatic nitrogens is 3. The van der Waals surface area contributed by atoms with E-state index in [2.05, 4.69) is 270 Å². The zero-order valence-corrected chi connectivity index (χ0v) is 78.2. The Labute approximate surface area is 711 Å². The lowest BCUT2D eigenvalue weighted by Crippen LogP contribution is -2.46. The van der Waals surface area contributed by atoms with Crippen LogP contribution in [-0.4, -0.2) is 231 Å². The number of piperazine rings is 3. The predicted octanol–water partition coefficient (Wildman–Crippen LogP) is 20.1. The van der Waals surface area contributed by atoms with Crippen LogP contribution in [0.4, 0.5) is 30.2 Å². The topological polar surface area (TPSA) is 132 Å². The van der Waals surface area contributed by atoms with Gasteiger partial charge >= 0.3 is 7.12 Å². The van der Waals surface area contributed by atoms with Gasteiger partial charge < -0.3 is 66.2 Å². The molecular weight excluding hydrogens is 1560 g/mol. The van der Waals surface area contributed by atoms with E-state index in [1.54, 1.807) is 6.07 Å². The van der Waals surface area contributed by atoms with Crippen LogP contribution in [0.25, 0.3) is 55.2 Å². The molecule has 0 bridgehead atoms. The van der Waals surface area contributed by atoms with Crippen molar-refractivity contribution in [2.45, 2.75) is 174 Å². The number of ether oxygens (including phenoxy) is 3. The summed E-state index contributed by atoms with van der Waals surface area (Å²) in [5.74, 6) is 2.07. The first kappa shape index (κ1) is 93.1. The SMILES string of the molecule is CC(C)(C)[Si](C)(C)OC(CF)COc1ccc2nc(Cl)ccc2c1.CN1CCN(c2ccc(-c3ccc4cc(OCC(CF)O[Si](C)(C)C(C)(C)C)ccc4n3)cc2)CC1.CN1CCN(c2ccc(-c3ccc4cc(OCC(CF)O[Si](C)(C)C(C)(C)C)ccc4n3)cc2)CC1.CN1CCN(c2ccc(B3OC(C)(C)C(C)(C)O3)cc2)CC1.